The van der Waals surface area contributed by atoms with Gasteiger partial charge in [-0.15, -0.1) is 0 Å². The second-order valence-corrected chi connectivity index (χ2v) is 26.2. The molecule has 85 heavy (non-hydrogen) atoms. The van der Waals surface area contributed by atoms with E-state index in [4.69, 9.17) is 0 Å². The summed E-state index contributed by atoms with van der Waals surface area (Å²) in [5.41, 5.74) is 0. The predicted molar refractivity (Wildman–Crippen MR) is 328 cm³/mol. The van der Waals surface area contributed by atoms with E-state index < -0.39 is 150 Å². The SMILES string of the molecule is C/C=C/C[C@@H](C)[C@@H](O)[C@H]1C(=O)N[C@@H](CC)C(=O)N(C)CC(=O)N(C)CC(=O)N[C@@H](CC(C)C)C(=O)N(C)[C@@H](CC(C)C)C(=O)N[C@@H](CC(C)C)C(=O)N[C@H](C)C(=O)N(C)[C@@H](CC(C)C)C(=O)N(C)[C@@H](CC(C)C)C(=O)N(C)[C@@H](C(C)C)C(=O)N1C. The van der Waals surface area contributed by atoms with Crippen molar-refractivity contribution in [2.24, 2.45) is 41.4 Å². The lowest BCUT2D eigenvalue weighted by Crippen LogP contribution is -2.63. The molecule has 0 spiro atoms. The summed E-state index contributed by atoms with van der Waals surface area (Å²) in [4.78, 5) is 168. The molecule has 0 aliphatic carbocycles. The Bertz CT molecular complexity index is 2310. The molecular formula is C62H111N11O12. The largest absolute Gasteiger partial charge is 0.390 e. The van der Waals surface area contributed by atoms with Crippen LogP contribution in [0.5, 0.6) is 0 Å². The number of nitrogens with one attached hydrogen (secondary N) is 4. The molecule has 1 aliphatic heterocycles. The number of allylic oxidation sites excluding steroid dienone is 2. The van der Waals surface area contributed by atoms with Gasteiger partial charge in [0.25, 0.3) is 0 Å². The zero-order valence-electron chi connectivity index (χ0n) is 55.9. The lowest BCUT2D eigenvalue weighted by molar-refractivity contribution is -0.157. The first kappa shape index (κ1) is 76.9. The smallest absolute Gasteiger partial charge is 0.246 e. The molecular weight excluding hydrogens is 1090 g/mol. The zero-order chi connectivity index (χ0) is 65.8. The molecule has 0 radical (unpaired) electrons. The van der Waals surface area contributed by atoms with Crippen molar-refractivity contribution >= 4 is 65.0 Å². The molecule has 1 heterocycles. The maximum absolute atomic E-state index is 15.1. The minimum atomic E-state index is -1.60. The molecule has 0 aromatic rings. The molecule has 0 aromatic heterocycles. The fourth-order valence-electron chi connectivity index (χ4n) is 10.7. The van der Waals surface area contributed by atoms with Gasteiger partial charge in [-0.05, 0) is 100 Å². The molecule has 23 nitrogen and oxygen atoms in total. The van der Waals surface area contributed by atoms with E-state index in [1.54, 1.807) is 46.8 Å². The molecule has 1 rings (SSSR count). The molecule has 5 N–H and O–H groups in total. The normalized spacial score (nSPS) is 26.0. The molecule has 1 aliphatic rings. The first-order valence-corrected chi connectivity index (χ1v) is 30.6. The number of carbonyl (C=O) groups is 11. The number of nitrogens with zero attached hydrogens (tertiary/aromatic N) is 7. The van der Waals surface area contributed by atoms with Crippen LogP contribution in [0.15, 0.2) is 12.2 Å². The Hall–Kier alpha value is -6.13. The molecule has 11 amide bonds. The average Bonchev–Trinajstić information content (AvgIpc) is 3.61. The Balaban J connectivity index is 4.30. The van der Waals surface area contributed by atoms with Crippen LogP contribution in [-0.2, 0) is 52.7 Å². The topological polar surface area (TPSA) is 279 Å². The third-order valence-electron chi connectivity index (χ3n) is 15.7. The summed E-state index contributed by atoms with van der Waals surface area (Å²) < 4.78 is 0. The summed E-state index contributed by atoms with van der Waals surface area (Å²) in [6.45, 7) is 27.7. The minimum Gasteiger partial charge on any atom is -0.390 e. The number of aliphatic hydroxyl groups excluding tert-OH is 1. The van der Waals surface area contributed by atoms with Gasteiger partial charge in [0.15, 0.2) is 0 Å². The molecule has 1 saturated heterocycles. The van der Waals surface area contributed by atoms with Crippen LogP contribution in [-0.4, -0.2) is 227 Å². The van der Waals surface area contributed by atoms with E-state index in [0.717, 1.165) is 14.7 Å². The second kappa shape index (κ2) is 35.5. The first-order valence-electron chi connectivity index (χ1n) is 30.6. The molecule has 486 valence electrons. The summed E-state index contributed by atoms with van der Waals surface area (Å²) in [5, 5.41) is 23.1. The monoisotopic (exact) mass is 1200 g/mol. The maximum Gasteiger partial charge on any atom is 0.246 e. The highest BCUT2D eigenvalue weighted by molar-refractivity contribution is 5.99. The lowest BCUT2D eigenvalue weighted by Gasteiger charge is -2.41. The van der Waals surface area contributed by atoms with Crippen LogP contribution in [0, 0.1) is 41.4 Å². The van der Waals surface area contributed by atoms with Gasteiger partial charge in [-0.2, -0.15) is 0 Å². The number of amides is 11. The summed E-state index contributed by atoms with van der Waals surface area (Å²) in [5.74, 6) is -9.25. The number of hydrogen-bond donors (Lipinski definition) is 5. The highest BCUT2D eigenvalue weighted by atomic mass is 16.3. The van der Waals surface area contributed by atoms with E-state index in [2.05, 4.69) is 21.3 Å². The number of hydrogen-bond acceptors (Lipinski definition) is 12. The van der Waals surface area contributed by atoms with E-state index in [0.29, 0.717) is 6.42 Å². The Kier molecular flexibility index (Phi) is 32.1. The van der Waals surface area contributed by atoms with Crippen LogP contribution in [0.1, 0.15) is 156 Å². The van der Waals surface area contributed by atoms with E-state index >= 15 is 14.4 Å². The van der Waals surface area contributed by atoms with Crippen LogP contribution >= 0.6 is 0 Å². The van der Waals surface area contributed by atoms with Gasteiger partial charge < -0.3 is 60.7 Å². The van der Waals surface area contributed by atoms with Crippen molar-refractivity contribution in [1.29, 1.82) is 0 Å². The predicted octanol–water partition coefficient (Wildman–Crippen LogP) is 3.27. The Morgan fingerprint density at radius 1 is 0.459 bits per heavy atom. The molecule has 0 unspecified atom stereocenters. The van der Waals surface area contributed by atoms with Crippen molar-refractivity contribution in [2.45, 2.75) is 216 Å². The maximum atomic E-state index is 15.1. The van der Waals surface area contributed by atoms with E-state index in [-0.39, 0.29) is 68.1 Å². The fourth-order valence-corrected chi connectivity index (χ4v) is 10.7. The van der Waals surface area contributed by atoms with Crippen LogP contribution in [0.2, 0.25) is 0 Å². The zero-order valence-corrected chi connectivity index (χ0v) is 55.9. The lowest BCUT2D eigenvalue weighted by atomic mass is 9.91. The fraction of sp³-hybridized carbons (Fsp3) is 0.790. The van der Waals surface area contributed by atoms with E-state index in [1.165, 1.54) is 75.9 Å². The number of aliphatic hydroxyl groups is 1. The summed E-state index contributed by atoms with van der Waals surface area (Å²) in [6.07, 6.45) is 3.21. The van der Waals surface area contributed by atoms with Gasteiger partial charge in [0.2, 0.25) is 65.0 Å². The quantitative estimate of drug-likeness (QED) is 0.139. The van der Waals surface area contributed by atoms with Gasteiger partial charge in [0, 0.05) is 49.3 Å². The van der Waals surface area contributed by atoms with Crippen LogP contribution < -0.4 is 21.3 Å². The second-order valence-electron chi connectivity index (χ2n) is 26.2. The van der Waals surface area contributed by atoms with E-state index in [1.807, 2.05) is 69.2 Å². The van der Waals surface area contributed by atoms with Crippen molar-refractivity contribution in [3.05, 3.63) is 12.2 Å². The van der Waals surface area contributed by atoms with Crippen molar-refractivity contribution in [1.82, 2.24) is 55.6 Å². The van der Waals surface area contributed by atoms with Crippen LogP contribution in [0.3, 0.4) is 0 Å². The Morgan fingerprint density at radius 2 is 0.894 bits per heavy atom. The highest BCUT2D eigenvalue weighted by Gasteiger charge is 2.45. The van der Waals surface area contributed by atoms with Gasteiger partial charge >= 0.3 is 0 Å². The average molecular weight is 1200 g/mol. The summed E-state index contributed by atoms with van der Waals surface area (Å²) in [6, 6.07) is -11.1. The molecule has 23 heteroatoms. The van der Waals surface area contributed by atoms with Crippen molar-refractivity contribution in [2.75, 3.05) is 62.4 Å². The van der Waals surface area contributed by atoms with Gasteiger partial charge in [-0.3, -0.25) is 52.7 Å². The summed E-state index contributed by atoms with van der Waals surface area (Å²) in [7, 11) is 9.87. The third-order valence-corrected chi connectivity index (χ3v) is 15.7. The molecule has 11 atom stereocenters. The number of carbonyl (C=O) groups excluding carboxylic acids is 11. The molecule has 1 fully saturated rings. The minimum absolute atomic E-state index is 0.0270. The van der Waals surface area contributed by atoms with Crippen molar-refractivity contribution in [3.63, 3.8) is 0 Å². The highest BCUT2D eigenvalue weighted by Crippen LogP contribution is 2.25. The van der Waals surface area contributed by atoms with Gasteiger partial charge in [0.1, 0.15) is 54.4 Å². The number of rotatable bonds is 16. The van der Waals surface area contributed by atoms with Crippen molar-refractivity contribution < 1.29 is 57.8 Å². The Morgan fingerprint density at radius 3 is 1.36 bits per heavy atom. The Labute approximate surface area is 508 Å². The van der Waals surface area contributed by atoms with E-state index in [9.17, 15) is 43.5 Å². The van der Waals surface area contributed by atoms with Crippen molar-refractivity contribution in [3.8, 4) is 0 Å². The molecule has 0 bridgehead atoms. The van der Waals surface area contributed by atoms with Crippen LogP contribution in [0.25, 0.3) is 0 Å². The third kappa shape index (κ3) is 22.9. The summed E-state index contributed by atoms with van der Waals surface area (Å²) >= 11 is 0. The first-order chi connectivity index (χ1) is 39.3. The van der Waals surface area contributed by atoms with Gasteiger partial charge in [-0.1, -0.05) is 109 Å². The van der Waals surface area contributed by atoms with Gasteiger partial charge in [-0.25, -0.2) is 0 Å². The number of likely N-dealkylation sites (N-methyl/N-ethyl adjacent to an activating group) is 7. The van der Waals surface area contributed by atoms with Crippen LogP contribution in [0.4, 0.5) is 0 Å². The van der Waals surface area contributed by atoms with Gasteiger partial charge in [0.05, 0.1) is 19.2 Å². The molecule has 0 saturated carbocycles. The molecule has 0 aromatic carbocycles. The standard InChI is InChI=1S/C62H111N11O12/c1-24-26-27-41(15)53(76)52-56(79)65-43(25-2)58(81)68(18)34-50(75)67(17)33-49(74)64-45(29-36(5)6)59(82)69(19)46(30-37(7)8)55(78)66-44(28-35(3)4)54(77)63-42(16)57(80)70(20)47(31-38(9)10)60(83)71(21)48(32-39(11)12)61(84)72(22)51(40(13)14)62(85)73(52)23/h24,26,35-48,51-53,76H,25,27-34H2,1-23H3,(H,63,77)(H,64,74)(H,65,79)(H,66,78)/b26-24+/t41-,42-,43+,44+,45+,46+,47+,48+,51+,52+,53-/m1/s1.